The first kappa shape index (κ1) is 15.5. The van der Waals surface area contributed by atoms with Crippen molar-refractivity contribution in [3.05, 3.63) is 46.9 Å². The first-order valence-corrected chi connectivity index (χ1v) is 7.09. The molecule has 0 aliphatic carbocycles. The minimum atomic E-state index is -4.52. The average Bonchev–Trinajstić information content (AvgIpc) is 2.96. The van der Waals surface area contributed by atoms with Crippen LogP contribution >= 0.6 is 11.6 Å². The summed E-state index contributed by atoms with van der Waals surface area (Å²) in [5.41, 5.74) is 0.0913. The number of benzene rings is 1. The van der Waals surface area contributed by atoms with Crippen LogP contribution in [-0.2, 0) is 12.6 Å². The van der Waals surface area contributed by atoms with Crippen LogP contribution in [0.5, 0.6) is 0 Å². The van der Waals surface area contributed by atoms with Gasteiger partial charge in [-0.1, -0.05) is 18.5 Å². The van der Waals surface area contributed by atoms with Crippen LogP contribution in [0.15, 0.2) is 30.6 Å². The summed E-state index contributed by atoms with van der Waals surface area (Å²) in [4.78, 5) is 8.28. The van der Waals surface area contributed by atoms with E-state index >= 15 is 0 Å². The smallest absolute Gasteiger partial charge is 0.340 e. The Hall–Kier alpha value is -2.35. The molecule has 9 heteroatoms. The highest BCUT2D eigenvalue weighted by atomic mass is 35.5. The summed E-state index contributed by atoms with van der Waals surface area (Å²) in [5.74, 6) is 0.844. The number of anilines is 2. The number of aryl methyl sites for hydroxylation is 1. The fraction of sp³-hybridized carbons (Fsp3) is 0.214. The topological polar surface area (TPSA) is 55.1 Å². The van der Waals surface area contributed by atoms with Crippen LogP contribution in [0, 0.1) is 0 Å². The van der Waals surface area contributed by atoms with Crippen molar-refractivity contribution in [2.75, 3.05) is 5.32 Å². The van der Waals surface area contributed by atoms with Crippen LogP contribution in [0.3, 0.4) is 0 Å². The second kappa shape index (κ2) is 5.69. The SMILES string of the molecule is CCc1cc(Nc2ccc(Cl)c(C(F)(F)F)c2)n2ncnc2n1. The van der Waals surface area contributed by atoms with E-state index in [2.05, 4.69) is 20.4 Å². The minimum Gasteiger partial charge on any atom is -0.340 e. The van der Waals surface area contributed by atoms with Gasteiger partial charge in [0.05, 0.1) is 10.6 Å². The van der Waals surface area contributed by atoms with Gasteiger partial charge in [0, 0.05) is 17.4 Å². The zero-order valence-corrected chi connectivity index (χ0v) is 12.7. The lowest BCUT2D eigenvalue weighted by Crippen LogP contribution is -2.08. The van der Waals surface area contributed by atoms with Crippen molar-refractivity contribution < 1.29 is 13.2 Å². The Kier molecular flexibility index (Phi) is 3.85. The van der Waals surface area contributed by atoms with Crippen molar-refractivity contribution in [3.63, 3.8) is 0 Å². The van der Waals surface area contributed by atoms with Gasteiger partial charge in [-0.2, -0.15) is 27.8 Å². The van der Waals surface area contributed by atoms with Crippen molar-refractivity contribution in [3.8, 4) is 0 Å². The van der Waals surface area contributed by atoms with Gasteiger partial charge in [0.15, 0.2) is 0 Å². The minimum absolute atomic E-state index is 0.242. The van der Waals surface area contributed by atoms with E-state index in [1.54, 1.807) is 6.07 Å². The predicted octanol–water partition coefficient (Wildman–Crippen LogP) is 4.10. The van der Waals surface area contributed by atoms with Crippen molar-refractivity contribution in [2.24, 2.45) is 0 Å². The van der Waals surface area contributed by atoms with Gasteiger partial charge in [0.25, 0.3) is 5.78 Å². The summed E-state index contributed by atoms with van der Waals surface area (Å²) in [6, 6.07) is 5.33. The van der Waals surface area contributed by atoms with Crippen LogP contribution < -0.4 is 5.32 Å². The predicted molar refractivity (Wildman–Crippen MR) is 79.9 cm³/mol. The molecule has 0 bridgehead atoms. The quantitative estimate of drug-likeness (QED) is 0.779. The molecule has 2 aromatic heterocycles. The van der Waals surface area contributed by atoms with Crippen LogP contribution in [0.25, 0.3) is 5.78 Å². The highest BCUT2D eigenvalue weighted by Crippen LogP contribution is 2.36. The molecule has 2 heterocycles. The molecular weight excluding hydrogens is 331 g/mol. The number of halogens is 4. The largest absolute Gasteiger partial charge is 0.417 e. The number of hydrogen-bond donors (Lipinski definition) is 1. The average molecular weight is 342 g/mol. The van der Waals surface area contributed by atoms with Gasteiger partial charge in [0.1, 0.15) is 12.1 Å². The maximum atomic E-state index is 12.9. The lowest BCUT2D eigenvalue weighted by atomic mass is 10.2. The summed E-state index contributed by atoms with van der Waals surface area (Å²) < 4.78 is 40.2. The molecule has 0 fully saturated rings. The number of aromatic nitrogens is 4. The molecule has 0 aliphatic heterocycles. The molecule has 0 saturated heterocycles. The van der Waals surface area contributed by atoms with Crippen LogP contribution in [-0.4, -0.2) is 19.6 Å². The van der Waals surface area contributed by atoms with Crippen LogP contribution in [0.2, 0.25) is 5.02 Å². The molecule has 0 unspecified atom stereocenters. The zero-order chi connectivity index (χ0) is 16.6. The fourth-order valence-electron chi connectivity index (χ4n) is 2.10. The first-order valence-electron chi connectivity index (χ1n) is 6.72. The Bertz CT molecular complexity index is 859. The van der Waals surface area contributed by atoms with E-state index in [4.69, 9.17) is 11.6 Å². The molecule has 3 rings (SSSR count). The second-order valence-electron chi connectivity index (χ2n) is 4.78. The lowest BCUT2D eigenvalue weighted by molar-refractivity contribution is -0.137. The van der Waals surface area contributed by atoms with E-state index < -0.39 is 11.7 Å². The Balaban J connectivity index is 2.04. The summed E-state index contributed by atoms with van der Waals surface area (Å²) in [5, 5.41) is 6.57. The molecule has 0 spiro atoms. The van der Waals surface area contributed by atoms with E-state index in [0.717, 1.165) is 11.8 Å². The Labute approximate surface area is 134 Å². The second-order valence-corrected chi connectivity index (χ2v) is 5.18. The maximum absolute atomic E-state index is 12.9. The molecule has 0 saturated carbocycles. The van der Waals surface area contributed by atoms with Crippen molar-refractivity contribution in [1.29, 1.82) is 0 Å². The molecule has 0 radical (unpaired) electrons. The van der Waals surface area contributed by atoms with E-state index in [1.165, 1.54) is 23.0 Å². The molecular formula is C14H11ClF3N5. The Morgan fingerprint density at radius 3 is 2.74 bits per heavy atom. The van der Waals surface area contributed by atoms with E-state index in [0.29, 0.717) is 18.0 Å². The van der Waals surface area contributed by atoms with E-state index in [-0.39, 0.29) is 10.7 Å². The molecule has 3 aromatic rings. The molecule has 0 amide bonds. The third kappa shape index (κ3) is 3.07. The van der Waals surface area contributed by atoms with Crippen molar-refractivity contribution >= 4 is 28.9 Å². The van der Waals surface area contributed by atoms with E-state index in [9.17, 15) is 13.2 Å². The van der Waals surface area contributed by atoms with Gasteiger partial charge in [-0.25, -0.2) is 4.98 Å². The lowest BCUT2D eigenvalue weighted by Gasteiger charge is -2.13. The number of fused-ring (bicyclic) bond motifs is 1. The summed E-state index contributed by atoms with van der Waals surface area (Å²) >= 11 is 5.62. The number of alkyl halides is 3. The van der Waals surface area contributed by atoms with Gasteiger partial charge < -0.3 is 5.32 Å². The molecule has 0 atom stereocenters. The summed E-state index contributed by atoms with van der Waals surface area (Å²) in [6.07, 6.45) is -2.54. The van der Waals surface area contributed by atoms with E-state index in [1.807, 2.05) is 6.92 Å². The standard InChI is InChI=1S/C14H11ClF3N5/c1-2-8-6-12(23-13(22-8)19-7-20-23)21-9-3-4-11(15)10(5-9)14(16,17)18/h3-7,21H,2H2,1H3. The number of hydrogen-bond acceptors (Lipinski definition) is 4. The molecule has 120 valence electrons. The van der Waals surface area contributed by atoms with Crippen LogP contribution in [0.1, 0.15) is 18.2 Å². The Morgan fingerprint density at radius 2 is 2.04 bits per heavy atom. The molecule has 1 N–H and O–H groups in total. The van der Waals surface area contributed by atoms with Gasteiger partial charge in [-0.15, -0.1) is 0 Å². The highest BCUT2D eigenvalue weighted by Gasteiger charge is 2.33. The number of nitrogens with one attached hydrogen (secondary N) is 1. The van der Waals surface area contributed by atoms with Gasteiger partial charge in [0.2, 0.25) is 0 Å². The summed E-state index contributed by atoms with van der Waals surface area (Å²) in [7, 11) is 0. The van der Waals surface area contributed by atoms with Crippen molar-refractivity contribution in [2.45, 2.75) is 19.5 Å². The number of nitrogens with zero attached hydrogens (tertiary/aromatic N) is 4. The van der Waals surface area contributed by atoms with Crippen molar-refractivity contribution in [1.82, 2.24) is 19.6 Å². The van der Waals surface area contributed by atoms with Gasteiger partial charge >= 0.3 is 6.18 Å². The van der Waals surface area contributed by atoms with Crippen LogP contribution in [0.4, 0.5) is 24.7 Å². The molecule has 23 heavy (non-hydrogen) atoms. The monoisotopic (exact) mass is 341 g/mol. The zero-order valence-electron chi connectivity index (χ0n) is 11.9. The van der Waals surface area contributed by atoms with Gasteiger partial charge in [-0.3, -0.25) is 0 Å². The summed E-state index contributed by atoms with van der Waals surface area (Å²) in [6.45, 7) is 1.92. The number of rotatable bonds is 3. The fourth-order valence-corrected chi connectivity index (χ4v) is 2.32. The Morgan fingerprint density at radius 1 is 1.26 bits per heavy atom. The molecule has 1 aromatic carbocycles. The first-order chi connectivity index (χ1) is 10.9. The molecule has 0 aliphatic rings. The third-order valence-electron chi connectivity index (χ3n) is 3.21. The van der Waals surface area contributed by atoms with Gasteiger partial charge in [-0.05, 0) is 24.6 Å². The maximum Gasteiger partial charge on any atom is 0.417 e. The third-order valence-corrected chi connectivity index (χ3v) is 3.54. The normalized spacial score (nSPS) is 11.9. The molecule has 5 nitrogen and oxygen atoms in total. The highest BCUT2D eigenvalue weighted by molar-refractivity contribution is 6.31.